The Kier molecular flexibility index (Phi) is 5.19. The van der Waals surface area contributed by atoms with Gasteiger partial charge in [-0.3, -0.25) is 5.84 Å². The van der Waals surface area contributed by atoms with Crippen molar-refractivity contribution in [1.82, 2.24) is 4.41 Å². The maximum absolute atomic E-state index is 12.2. The van der Waals surface area contributed by atoms with Crippen molar-refractivity contribution in [3.8, 4) is 0 Å². The molecule has 2 aromatic carbocycles. The van der Waals surface area contributed by atoms with Gasteiger partial charge in [-0.15, -0.1) is 16.2 Å². The molecule has 0 fully saturated rings. The molecule has 0 saturated heterocycles. The standard InChI is InChI=1S/C14H16N2O2S2/c15-16(11-12-19-13-7-3-1-4-8-13)20(17,18)14-9-5-2-6-10-14/h1-10H,11-12,15H2. The normalized spacial score (nSPS) is 11.7. The molecule has 2 rings (SSSR count). The van der Waals surface area contributed by atoms with E-state index >= 15 is 0 Å². The van der Waals surface area contributed by atoms with Gasteiger partial charge >= 0.3 is 0 Å². The Morgan fingerprint density at radius 1 is 0.950 bits per heavy atom. The third kappa shape index (κ3) is 3.83. The van der Waals surface area contributed by atoms with E-state index < -0.39 is 10.0 Å². The summed E-state index contributed by atoms with van der Waals surface area (Å²) in [7, 11) is -3.60. The maximum Gasteiger partial charge on any atom is 0.255 e. The summed E-state index contributed by atoms with van der Waals surface area (Å²) in [4.78, 5) is 1.31. The van der Waals surface area contributed by atoms with Gasteiger partial charge in [-0.25, -0.2) is 8.42 Å². The van der Waals surface area contributed by atoms with Crippen molar-refractivity contribution < 1.29 is 8.42 Å². The first kappa shape index (κ1) is 15.1. The largest absolute Gasteiger partial charge is 0.255 e. The number of nitrogens with zero attached hydrogens (tertiary/aromatic N) is 1. The van der Waals surface area contributed by atoms with Crippen LogP contribution in [0.1, 0.15) is 0 Å². The van der Waals surface area contributed by atoms with E-state index in [0.717, 1.165) is 9.31 Å². The molecule has 0 aliphatic heterocycles. The molecule has 6 heteroatoms. The summed E-state index contributed by atoms with van der Waals surface area (Å²) in [6.07, 6.45) is 0. The lowest BCUT2D eigenvalue weighted by Crippen LogP contribution is -2.38. The van der Waals surface area contributed by atoms with Gasteiger partial charge in [-0.05, 0) is 24.3 Å². The van der Waals surface area contributed by atoms with Crippen molar-refractivity contribution in [1.29, 1.82) is 0 Å². The molecule has 20 heavy (non-hydrogen) atoms. The molecule has 4 nitrogen and oxygen atoms in total. The fourth-order valence-corrected chi connectivity index (χ4v) is 3.71. The summed E-state index contributed by atoms with van der Waals surface area (Å²) in [5.74, 6) is 6.28. The second-order valence-corrected chi connectivity index (χ2v) is 7.15. The highest BCUT2D eigenvalue weighted by Crippen LogP contribution is 2.18. The van der Waals surface area contributed by atoms with E-state index in [9.17, 15) is 8.42 Å². The molecule has 0 spiro atoms. The topological polar surface area (TPSA) is 63.4 Å². The third-order valence-corrected chi connectivity index (χ3v) is 5.33. The van der Waals surface area contributed by atoms with Crippen LogP contribution in [0.3, 0.4) is 0 Å². The Morgan fingerprint density at radius 3 is 2.10 bits per heavy atom. The second-order valence-electron chi connectivity index (χ2n) is 4.09. The first-order valence-corrected chi connectivity index (χ1v) is 8.53. The average molecular weight is 308 g/mol. The molecule has 0 radical (unpaired) electrons. The zero-order chi connectivity index (χ0) is 14.4. The smallest absolute Gasteiger partial charge is 0.255 e. The Labute approximate surface area is 123 Å². The number of rotatable bonds is 6. The van der Waals surface area contributed by atoms with Gasteiger partial charge in [0.2, 0.25) is 0 Å². The number of nitrogens with two attached hydrogens (primary N) is 1. The summed E-state index contributed by atoms with van der Waals surface area (Å²) in [5.41, 5.74) is 0. The van der Waals surface area contributed by atoms with Crippen molar-refractivity contribution >= 4 is 21.8 Å². The monoisotopic (exact) mass is 308 g/mol. The lowest BCUT2D eigenvalue weighted by molar-refractivity contribution is 0.447. The molecule has 0 bridgehead atoms. The van der Waals surface area contributed by atoms with Crippen LogP contribution >= 0.6 is 11.8 Å². The summed E-state index contributed by atoms with van der Waals surface area (Å²) >= 11 is 1.57. The van der Waals surface area contributed by atoms with Crippen LogP contribution < -0.4 is 5.84 Å². The Bertz CT molecular complexity index is 631. The first-order chi connectivity index (χ1) is 9.60. The lowest BCUT2D eigenvalue weighted by Gasteiger charge is -2.16. The van der Waals surface area contributed by atoms with Gasteiger partial charge in [-0.2, -0.15) is 0 Å². The third-order valence-electron chi connectivity index (χ3n) is 2.67. The van der Waals surface area contributed by atoms with E-state index in [1.165, 1.54) is 0 Å². The minimum absolute atomic E-state index is 0.215. The molecular formula is C14H16N2O2S2. The van der Waals surface area contributed by atoms with E-state index in [1.807, 2.05) is 30.3 Å². The predicted octanol–water partition coefficient (Wildman–Crippen LogP) is 2.34. The summed E-state index contributed by atoms with van der Waals surface area (Å²) in [6, 6.07) is 18.0. The molecule has 0 heterocycles. The molecule has 106 valence electrons. The summed E-state index contributed by atoms with van der Waals surface area (Å²) < 4.78 is 25.2. The minimum Gasteiger partial charge on any atom is -0.255 e. The highest BCUT2D eigenvalue weighted by molar-refractivity contribution is 7.99. The second kappa shape index (κ2) is 6.90. The molecule has 0 aliphatic rings. The molecule has 0 amide bonds. The van der Waals surface area contributed by atoms with Crippen molar-refractivity contribution in [2.24, 2.45) is 5.84 Å². The molecule has 2 N–H and O–H groups in total. The van der Waals surface area contributed by atoms with Crippen LogP contribution in [0, 0.1) is 0 Å². The van der Waals surface area contributed by atoms with Crippen LogP contribution in [-0.4, -0.2) is 25.1 Å². The van der Waals surface area contributed by atoms with E-state index in [1.54, 1.807) is 42.1 Å². The molecule has 0 saturated carbocycles. The first-order valence-electron chi connectivity index (χ1n) is 6.11. The van der Waals surface area contributed by atoms with Crippen molar-refractivity contribution in [2.75, 3.05) is 12.3 Å². The van der Waals surface area contributed by atoms with Crippen LogP contribution in [0.25, 0.3) is 0 Å². The quantitative estimate of drug-likeness (QED) is 0.505. The molecule has 0 atom stereocenters. The maximum atomic E-state index is 12.2. The lowest BCUT2D eigenvalue weighted by atomic mass is 10.4. The fourth-order valence-electron chi connectivity index (χ4n) is 1.62. The van der Waals surface area contributed by atoms with Gasteiger partial charge in [0.1, 0.15) is 0 Å². The Balaban J connectivity index is 1.93. The van der Waals surface area contributed by atoms with E-state index in [-0.39, 0.29) is 11.4 Å². The number of hydrazine groups is 1. The fraction of sp³-hybridized carbons (Fsp3) is 0.143. The van der Waals surface area contributed by atoms with Crippen molar-refractivity contribution in [3.05, 3.63) is 60.7 Å². The van der Waals surface area contributed by atoms with Gasteiger partial charge in [0.15, 0.2) is 0 Å². The minimum atomic E-state index is -3.60. The summed E-state index contributed by atoms with van der Waals surface area (Å²) in [5, 5.41) is 0. The molecule has 0 aliphatic carbocycles. The van der Waals surface area contributed by atoms with E-state index in [2.05, 4.69) is 0 Å². The van der Waals surface area contributed by atoms with E-state index in [4.69, 9.17) is 5.84 Å². The van der Waals surface area contributed by atoms with Crippen LogP contribution in [0.5, 0.6) is 0 Å². The van der Waals surface area contributed by atoms with Gasteiger partial charge < -0.3 is 0 Å². The molecular weight excluding hydrogens is 292 g/mol. The number of benzene rings is 2. The number of sulfonamides is 1. The van der Waals surface area contributed by atoms with Gasteiger partial charge in [0.25, 0.3) is 10.0 Å². The zero-order valence-electron chi connectivity index (χ0n) is 10.8. The highest BCUT2D eigenvalue weighted by atomic mass is 32.2. The van der Waals surface area contributed by atoms with Gasteiger partial charge in [0.05, 0.1) is 4.90 Å². The van der Waals surface area contributed by atoms with Crippen LogP contribution in [0.15, 0.2) is 70.5 Å². The average Bonchev–Trinajstić information content (AvgIpc) is 2.49. The molecule has 0 aromatic heterocycles. The van der Waals surface area contributed by atoms with Gasteiger partial charge in [0, 0.05) is 17.2 Å². The molecule has 0 unspecified atom stereocenters. The SMILES string of the molecule is NN(CCSc1ccccc1)S(=O)(=O)c1ccccc1. The number of hydrogen-bond acceptors (Lipinski definition) is 4. The summed E-state index contributed by atoms with van der Waals surface area (Å²) in [6.45, 7) is 0.261. The van der Waals surface area contributed by atoms with Crippen LogP contribution in [-0.2, 0) is 10.0 Å². The van der Waals surface area contributed by atoms with Crippen molar-refractivity contribution in [2.45, 2.75) is 9.79 Å². The van der Waals surface area contributed by atoms with Crippen molar-refractivity contribution in [3.63, 3.8) is 0 Å². The van der Waals surface area contributed by atoms with Gasteiger partial charge in [-0.1, -0.05) is 36.4 Å². The number of hydrogen-bond donors (Lipinski definition) is 1. The van der Waals surface area contributed by atoms with Crippen LogP contribution in [0.2, 0.25) is 0 Å². The highest BCUT2D eigenvalue weighted by Gasteiger charge is 2.20. The predicted molar refractivity (Wildman–Crippen MR) is 81.7 cm³/mol. The Morgan fingerprint density at radius 2 is 1.50 bits per heavy atom. The molecule has 2 aromatic rings. The zero-order valence-corrected chi connectivity index (χ0v) is 12.5. The Hall–Kier alpha value is -1.34. The van der Waals surface area contributed by atoms with Crippen LogP contribution in [0.4, 0.5) is 0 Å². The number of thioether (sulfide) groups is 1. The van der Waals surface area contributed by atoms with E-state index in [0.29, 0.717) is 5.75 Å².